The number of ether oxygens (including phenoxy) is 1. The summed E-state index contributed by atoms with van der Waals surface area (Å²) in [6.07, 6.45) is 0.461. The summed E-state index contributed by atoms with van der Waals surface area (Å²) in [6.45, 7) is 6.36. The monoisotopic (exact) mass is 289 g/mol. The van der Waals surface area contributed by atoms with Gasteiger partial charge in [-0.25, -0.2) is 4.79 Å². The lowest BCUT2D eigenvalue weighted by atomic mass is 10.0. The van der Waals surface area contributed by atoms with Crippen molar-refractivity contribution in [3.8, 4) is 6.07 Å². The predicted octanol–water partition coefficient (Wildman–Crippen LogP) is 2.43. The number of rotatable bonds is 7. The first-order chi connectivity index (χ1) is 9.99. The lowest BCUT2D eigenvalue weighted by Gasteiger charge is -2.24. The Kier molecular flexibility index (Phi) is 6.70. The Bertz CT molecular complexity index is 521. The van der Waals surface area contributed by atoms with Crippen molar-refractivity contribution in [1.29, 1.82) is 5.26 Å². The zero-order chi connectivity index (χ0) is 15.8. The maximum atomic E-state index is 11.9. The number of anilines is 1. The van der Waals surface area contributed by atoms with Crippen LogP contribution in [-0.2, 0) is 11.3 Å². The predicted molar refractivity (Wildman–Crippen MR) is 82.5 cm³/mol. The first kappa shape index (κ1) is 17.0. The summed E-state index contributed by atoms with van der Waals surface area (Å²) < 4.78 is 4.81. The van der Waals surface area contributed by atoms with Gasteiger partial charge in [-0.2, -0.15) is 5.26 Å². The molecule has 0 saturated heterocycles. The molecular weight excluding hydrogens is 266 g/mol. The van der Waals surface area contributed by atoms with E-state index in [2.05, 4.69) is 24.8 Å². The van der Waals surface area contributed by atoms with E-state index in [9.17, 15) is 4.79 Å². The molecule has 0 aliphatic rings. The number of nitrogen functional groups attached to an aromatic ring is 1. The SMILES string of the molecule is COC(=O)c1c(N)cccc1CN(CCC#N)CC(C)C. The topological polar surface area (TPSA) is 79.3 Å². The quantitative estimate of drug-likeness (QED) is 0.616. The van der Waals surface area contributed by atoms with Gasteiger partial charge in [0.1, 0.15) is 0 Å². The third kappa shape index (κ3) is 5.09. The van der Waals surface area contributed by atoms with Crippen molar-refractivity contribution in [3.63, 3.8) is 0 Å². The maximum absolute atomic E-state index is 11.9. The Morgan fingerprint density at radius 2 is 2.19 bits per heavy atom. The van der Waals surface area contributed by atoms with Gasteiger partial charge in [0, 0.05) is 31.7 Å². The highest BCUT2D eigenvalue weighted by Gasteiger charge is 2.18. The van der Waals surface area contributed by atoms with Crippen LogP contribution in [0.2, 0.25) is 0 Å². The minimum absolute atomic E-state index is 0.420. The van der Waals surface area contributed by atoms with E-state index in [0.717, 1.165) is 12.1 Å². The van der Waals surface area contributed by atoms with Gasteiger partial charge in [-0.1, -0.05) is 26.0 Å². The van der Waals surface area contributed by atoms with Crippen molar-refractivity contribution in [3.05, 3.63) is 29.3 Å². The fraction of sp³-hybridized carbons (Fsp3) is 0.500. The lowest BCUT2D eigenvalue weighted by Crippen LogP contribution is -2.29. The van der Waals surface area contributed by atoms with E-state index >= 15 is 0 Å². The zero-order valence-electron chi connectivity index (χ0n) is 12.9. The molecule has 0 aliphatic heterocycles. The third-order valence-electron chi connectivity index (χ3n) is 3.13. The summed E-state index contributed by atoms with van der Waals surface area (Å²) in [6, 6.07) is 7.56. The largest absolute Gasteiger partial charge is 0.465 e. The van der Waals surface area contributed by atoms with Crippen LogP contribution >= 0.6 is 0 Å². The minimum Gasteiger partial charge on any atom is -0.465 e. The Hall–Kier alpha value is -2.06. The standard InChI is InChI=1S/C16H23N3O2/c1-12(2)10-19(9-5-8-17)11-13-6-4-7-14(18)15(13)16(20)21-3/h4,6-7,12H,5,9-11,18H2,1-3H3. The molecule has 0 atom stereocenters. The van der Waals surface area contributed by atoms with E-state index in [1.165, 1.54) is 7.11 Å². The number of carbonyl (C=O) groups is 1. The zero-order valence-corrected chi connectivity index (χ0v) is 12.9. The van der Waals surface area contributed by atoms with Crippen molar-refractivity contribution in [2.24, 2.45) is 5.92 Å². The summed E-state index contributed by atoms with van der Waals surface area (Å²) >= 11 is 0. The molecule has 0 aromatic heterocycles. The van der Waals surface area contributed by atoms with Crippen molar-refractivity contribution < 1.29 is 9.53 Å². The highest BCUT2D eigenvalue weighted by Crippen LogP contribution is 2.20. The summed E-state index contributed by atoms with van der Waals surface area (Å²) in [5.74, 6) is 0.0548. The van der Waals surface area contributed by atoms with Gasteiger partial charge in [-0.05, 0) is 17.5 Å². The number of hydrogen-bond donors (Lipinski definition) is 1. The number of esters is 1. The van der Waals surface area contributed by atoms with Gasteiger partial charge in [0.15, 0.2) is 0 Å². The highest BCUT2D eigenvalue weighted by molar-refractivity contribution is 5.96. The Balaban J connectivity index is 3.00. The van der Waals surface area contributed by atoms with Gasteiger partial charge in [-0.3, -0.25) is 4.90 Å². The molecule has 0 aliphatic carbocycles. The van der Waals surface area contributed by atoms with Crippen LogP contribution in [0.5, 0.6) is 0 Å². The van der Waals surface area contributed by atoms with Crippen LogP contribution in [0.4, 0.5) is 5.69 Å². The van der Waals surface area contributed by atoms with Crippen LogP contribution in [-0.4, -0.2) is 31.1 Å². The van der Waals surface area contributed by atoms with Gasteiger partial charge in [0.25, 0.3) is 0 Å². The molecule has 1 aromatic carbocycles. The molecule has 1 aromatic rings. The molecule has 2 N–H and O–H groups in total. The number of nitrogens with zero attached hydrogens (tertiary/aromatic N) is 2. The summed E-state index contributed by atoms with van der Waals surface area (Å²) in [5.41, 5.74) is 7.58. The van der Waals surface area contributed by atoms with E-state index < -0.39 is 5.97 Å². The second-order valence-corrected chi connectivity index (χ2v) is 5.41. The smallest absolute Gasteiger partial charge is 0.340 e. The second kappa shape index (κ2) is 8.28. The van der Waals surface area contributed by atoms with E-state index in [1.807, 2.05) is 12.1 Å². The van der Waals surface area contributed by atoms with E-state index in [0.29, 0.717) is 36.7 Å². The van der Waals surface area contributed by atoms with Crippen LogP contribution in [0.1, 0.15) is 36.2 Å². The number of benzene rings is 1. The molecule has 0 spiro atoms. The number of carbonyl (C=O) groups excluding carboxylic acids is 1. The van der Waals surface area contributed by atoms with Crippen LogP contribution in [0, 0.1) is 17.2 Å². The van der Waals surface area contributed by atoms with Gasteiger partial charge in [-0.15, -0.1) is 0 Å². The summed E-state index contributed by atoms with van der Waals surface area (Å²) in [5, 5.41) is 8.77. The van der Waals surface area contributed by atoms with Crippen molar-refractivity contribution in [2.75, 3.05) is 25.9 Å². The normalized spacial score (nSPS) is 10.7. The number of methoxy groups -OCH3 is 1. The molecule has 5 heteroatoms. The molecule has 0 saturated carbocycles. The van der Waals surface area contributed by atoms with Crippen LogP contribution in [0.25, 0.3) is 0 Å². The average molecular weight is 289 g/mol. The van der Waals surface area contributed by atoms with Gasteiger partial charge in [0.05, 0.1) is 18.7 Å². The average Bonchev–Trinajstić information content (AvgIpc) is 2.43. The molecule has 5 nitrogen and oxygen atoms in total. The van der Waals surface area contributed by atoms with Crippen molar-refractivity contribution >= 4 is 11.7 Å². The number of hydrogen-bond acceptors (Lipinski definition) is 5. The number of nitriles is 1. The molecular formula is C16H23N3O2. The van der Waals surface area contributed by atoms with E-state index in [1.54, 1.807) is 6.07 Å². The highest BCUT2D eigenvalue weighted by atomic mass is 16.5. The fourth-order valence-electron chi connectivity index (χ4n) is 2.30. The summed E-state index contributed by atoms with van der Waals surface area (Å²) in [7, 11) is 1.35. The molecule has 0 amide bonds. The maximum Gasteiger partial charge on any atom is 0.340 e. The first-order valence-corrected chi connectivity index (χ1v) is 7.04. The van der Waals surface area contributed by atoms with E-state index in [-0.39, 0.29) is 0 Å². The Labute approximate surface area is 126 Å². The molecule has 0 fully saturated rings. The van der Waals surface area contributed by atoms with Crippen molar-refractivity contribution in [2.45, 2.75) is 26.8 Å². The van der Waals surface area contributed by atoms with Gasteiger partial charge >= 0.3 is 5.97 Å². The molecule has 0 bridgehead atoms. The first-order valence-electron chi connectivity index (χ1n) is 7.04. The Morgan fingerprint density at radius 3 is 2.76 bits per heavy atom. The van der Waals surface area contributed by atoms with E-state index in [4.69, 9.17) is 15.7 Å². The fourth-order valence-corrected chi connectivity index (χ4v) is 2.30. The Morgan fingerprint density at radius 1 is 1.48 bits per heavy atom. The molecule has 0 heterocycles. The van der Waals surface area contributed by atoms with Gasteiger partial charge < -0.3 is 10.5 Å². The number of nitrogens with two attached hydrogens (primary N) is 1. The molecule has 0 radical (unpaired) electrons. The third-order valence-corrected chi connectivity index (χ3v) is 3.13. The summed E-state index contributed by atoms with van der Waals surface area (Å²) in [4.78, 5) is 14.1. The lowest BCUT2D eigenvalue weighted by molar-refractivity contribution is 0.0599. The molecule has 21 heavy (non-hydrogen) atoms. The molecule has 1 rings (SSSR count). The second-order valence-electron chi connectivity index (χ2n) is 5.41. The van der Waals surface area contributed by atoms with Gasteiger partial charge in [0.2, 0.25) is 0 Å². The van der Waals surface area contributed by atoms with Crippen molar-refractivity contribution in [1.82, 2.24) is 4.90 Å². The minimum atomic E-state index is -0.423. The van der Waals surface area contributed by atoms with Crippen LogP contribution in [0.3, 0.4) is 0 Å². The molecule has 0 unspecified atom stereocenters. The molecule has 114 valence electrons. The van der Waals surface area contributed by atoms with Crippen LogP contribution in [0.15, 0.2) is 18.2 Å². The van der Waals surface area contributed by atoms with Crippen LogP contribution < -0.4 is 5.73 Å².